The van der Waals surface area contributed by atoms with Crippen LogP contribution in [0.2, 0.25) is 5.02 Å². The van der Waals surface area contributed by atoms with Crippen LogP contribution in [-0.4, -0.2) is 46.0 Å². The fraction of sp³-hybridized carbons (Fsp3) is 0.200. The quantitative estimate of drug-likeness (QED) is 0.522. The fourth-order valence-corrected chi connectivity index (χ4v) is 4.60. The molecule has 0 saturated carbocycles. The molecule has 6 nitrogen and oxygen atoms in total. The maximum Gasteiger partial charge on any atom is 0.256 e. The average Bonchev–Trinajstić information content (AvgIpc) is 3.45. The maximum atomic E-state index is 12.9. The summed E-state index contributed by atoms with van der Waals surface area (Å²) in [7, 11) is 0. The highest BCUT2D eigenvalue weighted by atomic mass is 35.5. The van der Waals surface area contributed by atoms with Gasteiger partial charge in [0.1, 0.15) is 0 Å². The van der Waals surface area contributed by atoms with Crippen molar-refractivity contribution in [1.29, 1.82) is 0 Å². The average molecular weight is 448 g/mol. The molecule has 162 valence electrons. The van der Waals surface area contributed by atoms with E-state index < -0.39 is 6.10 Å². The van der Waals surface area contributed by atoms with E-state index in [-0.39, 0.29) is 11.8 Å². The number of hydrogen-bond acceptors (Lipinski definition) is 3. The highest BCUT2D eigenvalue weighted by Gasteiger charge is 2.30. The van der Waals surface area contributed by atoms with E-state index in [2.05, 4.69) is 10.3 Å². The number of aliphatic hydroxyl groups is 1. The Balaban J connectivity index is 1.55. The second-order valence-corrected chi connectivity index (χ2v) is 8.62. The van der Waals surface area contributed by atoms with E-state index in [1.54, 1.807) is 17.2 Å². The molecule has 1 fully saturated rings. The van der Waals surface area contributed by atoms with Crippen molar-refractivity contribution in [3.05, 3.63) is 76.1 Å². The summed E-state index contributed by atoms with van der Waals surface area (Å²) in [4.78, 5) is 30.5. The Bertz CT molecular complexity index is 1280. The minimum Gasteiger partial charge on any atom is -0.391 e. The summed E-state index contributed by atoms with van der Waals surface area (Å²) in [6.07, 6.45) is 3.59. The van der Waals surface area contributed by atoms with E-state index in [0.717, 1.165) is 27.9 Å². The summed E-state index contributed by atoms with van der Waals surface area (Å²) in [6, 6.07) is 13.3. The van der Waals surface area contributed by atoms with Crippen LogP contribution in [0.5, 0.6) is 0 Å². The van der Waals surface area contributed by atoms with Crippen molar-refractivity contribution in [2.45, 2.75) is 19.4 Å². The molecule has 3 aromatic rings. The van der Waals surface area contributed by atoms with Crippen LogP contribution in [0, 0.1) is 6.92 Å². The number of fused-ring (bicyclic) bond motifs is 1. The van der Waals surface area contributed by atoms with Crippen LogP contribution in [0.25, 0.3) is 22.8 Å². The summed E-state index contributed by atoms with van der Waals surface area (Å²) in [6.45, 7) is 2.75. The van der Waals surface area contributed by atoms with Crippen LogP contribution in [0.1, 0.15) is 33.6 Å². The lowest BCUT2D eigenvalue weighted by atomic mass is 9.94. The van der Waals surface area contributed by atoms with Crippen LogP contribution in [0.15, 0.2) is 48.7 Å². The molecule has 2 aliphatic rings. The maximum absolute atomic E-state index is 12.9. The molecule has 1 aromatic heterocycles. The van der Waals surface area contributed by atoms with Gasteiger partial charge < -0.3 is 20.3 Å². The Morgan fingerprint density at radius 1 is 1.25 bits per heavy atom. The van der Waals surface area contributed by atoms with Gasteiger partial charge in [-0.3, -0.25) is 9.59 Å². The second-order valence-electron chi connectivity index (χ2n) is 8.19. The largest absolute Gasteiger partial charge is 0.391 e. The molecule has 2 aromatic carbocycles. The molecule has 2 aliphatic heterocycles. The molecule has 0 aliphatic carbocycles. The number of halogens is 1. The summed E-state index contributed by atoms with van der Waals surface area (Å²) in [5, 5.41) is 13.3. The van der Waals surface area contributed by atoms with Gasteiger partial charge in [0.2, 0.25) is 0 Å². The van der Waals surface area contributed by atoms with Gasteiger partial charge in [0.05, 0.1) is 17.2 Å². The number of β-amino-alcohol motifs (C(OH)–C–C–N with tert-alkyl or cyclic N) is 1. The van der Waals surface area contributed by atoms with Gasteiger partial charge in [0.15, 0.2) is 0 Å². The van der Waals surface area contributed by atoms with Gasteiger partial charge in [0.25, 0.3) is 11.8 Å². The van der Waals surface area contributed by atoms with E-state index in [1.807, 2.05) is 49.4 Å². The molecule has 5 rings (SSSR count). The number of aliphatic hydroxyl groups excluding tert-OH is 1. The van der Waals surface area contributed by atoms with Crippen molar-refractivity contribution >= 4 is 40.8 Å². The number of carbonyl (C=O) groups excluding carboxylic acids is 2. The third-order valence-corrected chi connectivity index (χ3v) is 6.35. The summed E-state index contributed by atoms with van der Waals surface area (Å²) in [5.74, 6) is -0.310. The van der Waals surface area contributed by atoms with Crippen molar-refractivity contribution in [3.8, 4) is 11.1 Å². The summed E-state index contributed by atoms with van der Waals surface area (Å²) in [5.41, 5.74) is 5.92. The monoisotopic (exact) mass is 447 g/mol. The molecular formula is C25H22ClN3O3. The van der Waals surface area contributed by atoms with E-state index in [0.29, 0.717) is 41.4 Å². The Morgan fingerprint density at radius 2 is 2.06 bits per heavy atom. The first-order valence-electron chi connectivity index (χ1n) is 10.5. The molecule has 0 unspecified atom stereocenters. The predicted octanol–water partition coefficient (Wildman–Crippen LogP) is 4.34. The van der Waals surface area contributed by atoms with Gasteiger partial charge >= 0.3 is 0 Å². The summed E-state index contributed by atoms with van der Waals surface area (Å²) >= 11 is 6.20. The Morgan fingerprint density at radius 3 is 2.81 bits per heavy atom. The lowest BCUT2D eigenvalue weighted by molar-refractivity contribution is -0.110. The number of carbonyl (C=O) groups is 2. The zero-order valence-corrected chi connectivity index (χ0v) is 18.2. The fourth-order valence-electron chi connectivity index (χ4n) is 4.41. The van der Waals surface area contributed by atoms with Gasteiger partial charge in [-0.15, -0.1) is 0 Å². The first kappa shape index (κ1) is 20.5. The smallest absolute Gasteiger partial charge is 0.256 e. The first-order chi connectivity index (χ1) is 15.4. The Kier molecular flexibility index (Phi) is 5.12. The SMILES string of the molecule is Cc1c(C(=O)N2CC[C@@H](O)C2)c[nH]c1C=C1C(=O)Nc2cccc(-c3cccc(Cl)c3)c21. The van der Waals surface area contributed by atoms with Crippen molar-refractivity contribution < 1.29 is 14.7 Å². The molecule has 3 heterocycles. The number of aromatic amines is 1. The van der Waals surface area contributed by atoms with Crippen LogP contribution in [0.4, 0.5) is 5.69 Å². The first-order valence-corrected chi connectivity index (χ1v) is 10.9. The lowest BCUT2D eigenvalue weighted by Crippen LogP contribution is -2.29. The molecule has 0 radical (unpaired) electrons. The van der Waals surface area contributed by atoms with E-state index in [9.17, 15) is 14.7 Å². The minimum atomic E-state index is -0.469. The number of anilines is 1. The van der Waals surface area contributed by atoms with Crippen molar-refractivity contribution in [3.63, 3.8) is 0 Å². The van der Waals surface area contributed by atoms with Gasteiger partial charge in [0, 0.05) is 41.3 Å². The van der Waals surface area contributed by atoms with E-state index >= 15 is 0 Å². The highest BCUT2D eigenvalue weighted by Crippen LogP contribution is 2.41. The number of aromatic nitrogens is 1. The van der Waals surface area contributed by atoms with Crippen molar-refractivity contribution in [2.24, 2.45) is 0 Å². The Labute approximate surface area is 190 Å². The van der Waals surface area contributed by atoms with Crippen LogP contribution < -0.4 is 5.32 Å². The zero-order valence-electron chi connectivity index (χ0n) is 17.5. The summed E-state index contributed by atoms with van der Waals surface area (Å²) < 4.78 is 0. The van der Waals surface area contributed by atoms with E-state index in [4.69, 9.17) is 11.6 Å². The number of amides is 2. The van der Waals surface area contributed by atoms with Crippen LogP contribution in [-0.2, 0) is 4.79 Å². The zero-order chi connectivity index (χ0) is 22.4. The molecule has 1 saturated heterocycles. The third kappa shape index (κ3) is 3.51. The number of nitrogens with one attached hydrogen (secondary N) is 2. The number of H-pyrrole nitrogens is 1. The standard InChI is InChI=1S/C25H22ClN3O3/c1-14-20(25(32)29-9-8-17(30)13-29)12-27-22(14)11-19-23-18(15-4-2-5-16(26)10-15)6-3-7-21(23)28-24(19)31/h2-7,10-12,17,27,30H,8-9,13H2,1H3,(H,28,31)/t17-/m1/s1. The highest BCUT2D eigenvalue weighted by molar-refractivity contribution is 6.36. The number of hydrogen-bond donors (Lipinski definition) is 3. The van der Waals surface area contributed by atoms with Crippen LogP contribution >= 0.6 is 11.6 Å². The van der Waals surface area contributed by atoms with Gasteiger partial charge in [-0.1, -0.05) is 35.9 Å². The van der Waals surface area contributed by atoms with E-state index in [1.165, 1.54) is 0 Å². The lowest BCUT2D eigenvalue weighted by Gasteiger charge is -2.15. The third-order valence-electron chi connectivity index (χ3n) is 6.11. The minimum absolute atomic E-state index is 0.115. The molecule has 0 bridgehead atoms. The van der Waals surface area contributed by atoms with Crippen molar-refractivity contribution in [2.75, 3.05) is 18.4 Å². The number of nitrogens with zero attached hydrogens (tertiary/aromatic N) is 1. The molecule has 3 N–H and O–H groups in total. The molecule has 1 atom stereocenters. The van der Waals surface area contributed by atoms with Gasteiger partial charge in [-0.2, -0.15) is 0 Å². The Hall–Kier alpha value is -3.35. The topological polar surface area (TPSA) is 85.4 Å². The molecular weight excluding hydrogens is 426 g/mol. The molecule has 32 heavy (non-hydrogen) atoms. The molecule has 0 spiro atoms. The predicted molar refractivity (Wildman–Crippen MR) is 125 cm³/mol. The van der Waals surface area contributed by atoms with Gasteiger partial charge in [-0.05, 0) is 54.3 Å². The number of likely N-dealkylation sites (tertiary alicyclic amines) is 1. The normalized spacial score (nSPS) is 18.8. The van der Waals surface area contributed by atoms with Crippen LogP contribution in [0.3, 0.4) is 0 Å². The second kappa shape index (κ2) is 7.97. The molecule has 2 amide bonds. The van der Waals surface area contributed by atoms with Gasteiger partial charge in [-0.25, -0.2) is 0 Å². The number of benzene rings is 2. The number of rotatable bonds is 3. The van der Waals surface area contributed by atoms with Crippen molar-refractivity contribution in [1.82, 2.24) is 9.88 Å². The molecule has 7 heteroatoms.